The highest BCUT2D eigenvalue weighted by Gasteiger charge is 2.32. The Bertz CT molecular complexity index is 168. The van der Waals surface area contributed by atoms with Gasteiger partial charge in [0.25, 0.3) is 14.3 Å². The number of unbranched alkanes of at least 4 members (excludes halogenated alkanes) is 2. The summed E-state index contributed by atoms with van der Waals surface area (Å²) < 4.78 is 5.73. The van der Waals surface area contributed by atoms with E-state index in [9.17, 15) is 4.79 Å². The van der Waals surface area contributed by atoms with Crippen LogP contribution in [0.4, 0.5) is 0 Å². The Labute approximate surface area is 95.5 Å². The summed E-state index contributed by atoms with van der Waals surface area (Å²) in [6.07, 6.45) is 3.89. The predicted molar refractivity (Wildman–Crippen MR) is 67.4 cm³/mol. The second kappa shape index (κ2) is 7.91. The fraction of sp³-hybridized carbons (Fsp3) is 0.917. The van der Waals surface area contributed by atoms with Gasteiger partial charge in [-0.1, -0.05) is 40.5 Å². The second-order valence-electron chi connectivity index (χ2n) is 4.17. The van der Waals surface area contributed by atoms with Crippen LogP contribution in [0, 0.1) is 0 Å². The Kier molecular flexibility index (Phi) is 7.75. The molecule has 0 rings (SSSR count). The van der Waals surface area contributed by atoms with E-state index in [-0.39, 0.29) is 5.97 Å². The molecule has 0 aromatic heterocycles. The molecule has 0 unspecified atom stereocenters. The van der Waals surface area contributed by atoms with Gasteiger partial charge in [-0.15, -0.1) is 0 Å². The molecule has 0 N–H and O–H groups in total. The summed E-state index contributed by atoms with van der Waals surface area (Å²) in [5, 5.41) is 0. The van der Waals surface area contributed by atoms with Crippen molar-refractivity contribution in [2.75, 3.05) is 0 Å². The molecule has 0 heterocycles. The average molecular weight is 230 g/mol. The SMILES string of the molecule is CCCCCC(=O)O[Si](CC)(CC)CC. The van der Waals surface area contributed by atoms with Crippen LogP contribution in [0.2, 0.25) is 18.1 Å². The molecule has 0 bridgehead atoms. The van der Waals surface area contributed by atoms with Gasteiger partial charge in [0.05, 0.1) is 0 Å². The Morgan fingerprint density at radius 3 is 1.93 bits per heavy atom. The minimum Gasteiger partial charge on any atom is -0.519 e. The third kappa shape index (κ3) is 5.35. The van der Waals surface area contributed by atoms with Crippen molar-refractivity contribution in [3.8, 4) is 0 Å². The lowest BCUT2D eigenvalue weighted by molar-refractivity contribution is -0.135. The summed E-state index contributed by atoms with van der Waals surface area (Å²) in [6.45, 7) is 8.60. The molecule has 0 aliphatic heterocycles. The van der Waals surface area contributed by atoms with E-state index in [0.717, 1.165) is 37.4 Å². The summed E-state index contributed by atoms with van der Waals surface area (Å²) in [6, 6.07) is 3.17. The summed E-state index contributed by atoms with van der Waals surface area (Å²) in [5.74, 6) is 0.0423. The first-order chi connectivity index (χ1) is 7.14. The molecule has 0 aliphatic rings. The number of rotatable bonds is 8. The van der Waals surface area contributed by atoms with E-state index in [4.69, 9.17) is 4.43 Å². The summed E-state index contributed by atoms with van der Waals surface area (Å²) in [4.78, 5) is 11.6. The van der Waals surface area contributed by atoms with E-state index in [1.807, 2.05) is 0 Å². The summed E-state index contributed by atoms with van der Waals surface area (Å²) in [5.41, 5.74) is 0. The first-order valence-electron chi connectivity index (χ1n) is 6.36. The van der Waals surface area contributed by atoms with Crippen LogP contribution in [0.15, 0.2) is 0 Å². The standard InChI is InChI=1S/C12H26O2Si/c1-5-9-10-11-12(13)14-15(6-2,7-3)8-4/h5-11H2,1-4H3. The van der Waals surface area contributed by atoms with Gasteiger partial charge in [0.1, 0.15) is 0 Å². The zero-order chi connectivity index (χ0) is 11.7. The maximum absolute atomic E-state index is 11.6. The van der Waals surface area contributed by atoms with Crippen molar-refractivity contribution in [3.05, 3.63) is 0 Å². The molecule has 0 spiro atoms. The molecule has 0 atom stereocenters. The number of hydrogen-bond acceptors (Lipinski definition) is 2. The zero-order valence-electron chi connectivity index (χ0n) is 10.8. The second-order valence-corrected chi connectivity index (χ2v) is 8.87. The molecule has 0 aromatic rings. The van der Waals surface area contributed by atoms with E-state index in [1.54, 1.807) is 0 Å². The molecule has 0 saturated heterocycles. The van der Waals surface area contributed by atoms with Gasteiger partial charge >= 0.3 is 0 Å². The molecule has 0 amide bonds. The topological polar surface area (TPSA) is 26.3 Å². The molecule has 15 heavy (non-hydrogen) atoms. The van der Waals surface area contributed by atoms with Crippen molar-refractivity contribution in [3.63, 3.8) is 0 Å². The largest absolute Gasteiger partial charge is 0.519 e. The van der Waals surface area contributed by atoms with E-state index in [0.29, 0.717) is 6.42 Å². The summed E-state index contributed by atoms with van der Waals surface area (Å²) >= 11 is 0. The minimum atomic E-state index is -1.69. The number of carbonyl (C=O) groups is 1. The highest BCUT2D eigenvalue weighted by molar-refractivity contribution is 6.74. The van der Waals surface area contributed by atoms with Crippen LogP contribution in [-0.2, 0) is 9.22 Å². The van der Waals surface area contributed by atoms with Gasteiger partial charge in [-0.05, 0) is 24.6 Å². The van der Waals surface area contributed by atoms with Crippen LogP contribution in [0.5, 0.6) is 0 Å². The molecule has 3 heteroatoms. The van der Waals surface area contributed by atoms with Crippen LogP contribution in [0.3, 0.4) is 0 Å². The lowest BCUT2D eigenvalue weighted by atomic mass is 10.2. The number of hydrogen-bond donors (Lipinski definition) is 0. The predicted octanol–water partition coefficient (Wildman–Crippen LogP) is 4.12. The van der Waals surface area contributed by atoms with Crippen molar-refractivity contribution in [1.29, 1.82) is 0 Å². The fourth-order valence-electron chi connectivity index (χ4n) is 1.78. The molecule has 0 radical (unpaired) electrons. The Morgan fingerprint density at radius 1 is 1.00 bits per heavy atom. The first-order valence-corrected chi connectivity index (χ1v) is 8.88. The molecular formula is C12H26O2Si. The Hall–Kier alpha value is -0.313. The van der Waals surface area contributed by atoms with Gasteiger partial charge in [-0.3, -0.25) is 4.79 Å². The highest BCUT2D eigenvalue weighted by atomic mass is 28.4. The quantitative estimate of drug-likeness (QED) is 0.463. The van der Waals surface area contributed by atoms with Gasteiger partial charge in [0, 0.05) is 6.42 Å². The third-order valence-electron chi connectivity index (χ3n) is 3.25. The van der Waals surface area contributed by atoms with E-state index < -0.39 is 8.32 Å². The van der Waals surface area contributed by atoms with Crippen LogP contribution in [0.25, 0.3) is 0 Å². The smallest absolute Gasteiger partial charge is 0.292 e. The molecule has 90 valence electrons. The summed E-state index contributed by atoms with van der Waals surface area (Å²) in [7, 11) is -1.69. The molecular weight excluding hydrogens is 204 g/mol. The third-order valence-corrected chi connectivity index (χ3v) is 7.77. The first kappa shape index (κ1) is 14.7. The van der Waals surface area contributed by atoms with Gasteiger partial charge < -0.3 is 4.43 Å². The van der Waals surface area contributed by atoms with Crippen molar-refractivity contribution in [1.82, 2.24) is 0 Å². The molecule has 2 nitrogen and oxygen atoms in total. The normalized spacial score (nSPS) is 11.5. The van der Waals surface area contributed by atoms with Crippen LogP contribution in [-0.4, -0.2) is 14.3 Å². The zero-order valence-corrected chi connectivity index (χ0v) is 11.8. The maximum atomic E-state index is 11.6. The van der Waals surface area contributed by atoms with Gasteiger partial charge in [-0.25, -0.2) is 0 Å². The van der Waals surface area contributed by atoms with Crippen molar-refractivity contribution < 1.29 is 9.22 Å². The van der Waals surface area contributed by atoms with Crippen LogP contribution in [0.1, 0.15) is 53.4 Å². The molecule has 0 fully saturated rings. The van der Waals surface area contributed by atoms with Crippen molar-refractivity contribution in [2.45, 2.75) is 71.5 Å². The lowest BCUT2D eigenvalue weighted by Crippen LogP contribution is -2.38. The fourth-order valence-corrected chi connectivity index (χ4v) is 4.30. The Morgan fingerprint density at radius 2 is 1.53 bits per heavy atom. The molecule has 0 saturated carbocycles. The number of carbonyl (C=O) groups excluding carboxylic acids is 1. The van der Waals surface area contributed by atoms with Crippen molar-refractivity contribution >= 4 is 14.3 Å². The van der Waals surface area contributed by atoms with E-state index in [2.05, 4.69) is 27.7 Å². The van der Waals surface area contributed by atoms with Crippen LogP contribution < -0.4 is 0 Å². The molecule has 0 aliphatic carbocycles. The monoisotopic (exact) mass is 230 g/mol. The van der Waals surface area contributed by atoms with Crippen molar-refractivity contribution in [2.24, 2.45) is 0 Å². The van der Waals surface area contributed by atoms with Gasteiger partial charge in [0.15, 0.2) is 0 Å². The van der Waals surface area contributed by atoms with E-state index in [1.165, 1.54) is 0 Å². The highest BCUT2D eigenvalue weighted by Crippen LogP contribution is 2.22. The maximum Gasteiger partial charge on any atom is 0.292 e. The van der Waals surface area contributed by atoms with E-state index >= 15 is 0 Å². The van der Waals surface area contributed by atoms with Gasteiger partial charge in [-0.2, -0.15) is 0 Å². The Balaban J connectivity index is 4.00. The lowest BCUT2D eigenvalue weighted by Gasteiger charge is -2.27. The average Bonchev–Trinajstić information content (AvgIpc) is 2.26. The van der Waals surface area contributed by atoms with Crippen LogP contribution >= 0.6 is 0 Å². The minimum absolute atomic E-state index is 0.0423. The molecule has 0 aromatic carbocycles. The van der Waals surface area contributed by atoms with Gasteiger partial charge in [0.2, 0.25) is 0 Å².